The van der Waals surface area contributed by atoms with E-state index in [2.05, 4.69) is 0 Å². The van der Waals surface area contributed by atoms with Crippen LogP contribution in [0.3, 0.4) is 0 Å². The van der Waals surface area contributed by atoms with Gasteiger partial charge in [-0.2, -0.15) is 0 Å². The second-order valence-electron chi connectivity index (χ2n) is 8.61. The van der Waals surface area contributed by atoms with Gasteiger partial charge in [0.05, 0.1) is 12.1 Å². The highest BCUT2D eigenvalue weighted by molar-refractivity contribution is 7.99. The molecule has 0 bridgehead atoms. The molecule has 0 spiro atoms. The molecule has 6 nitrogen and oxygen atoms in total. The summed E-state index contributed by atoms with van der Waals surface area (Å²) in [7, 11) is -4.32. The molecule has 36 heavy (non-hydrogen) atoms. The molecular weight excluding hydrogens is 517 g/mol. The van der Waals surface area contributed by atoms with Gasteiger partial charge in [-0.3, -0.25) is 4.57 Å². The number of ether oxygens (including phenoxy) is 1. The number of aliphatic hydroxyl groups excluding tert-OH is 1. The molecule has 3 aromatic carbocycles. The predicted octanol–water partition coefficient (Wildman–Crippen LogP) is 6.16. The Hall–Kier alpha value is -2.09. The third-order valence-corrected chi connectivity index (χ3v) is 7.42. The van der Waals surface area contributed by atoms with Gasteiger partial charge in [0.15, 0.2) is 0 Å². The normalized spacial score (nSPS) is 13.6. The lowest BCUT2D eigenvalue weighted by atomic mass is 9.93. The van der Waals surface area contributed by atoms with Crippen molar-refractivity contribution in [2.45, 2.75) is 47.6 Å². The van der Waals surface area contributed by atoms with Gasteiger partial charge in [-0.05, 0) is 60.7 Å². The maximum atomic E-state index is 11.0. The number of halogens is 1. The third kappa shape index (κ3) is 9.75. The Morgan fingerprint density at radius 1 is 1.00 bits per heavy atom. The summed E-state index contributed by atoms with van der Waals surface area (Å²) in [5, 5.41) is 10.2. The Morgan fingerprint density at radius 3 is 2.44 bits per heavy atom. The molecule has 3 rings (SSSR count). The third-order valence-electron chi connectivity index (χ3n) is 5.55. The van der Waals surface area contributed by atoms with Crippen LogP contribution in [0.25, 0.3) is 0 Å². The summed E-state index contributed by atoms with van der Waals surface area (Å²) in [6.45, 7) is 0.119. The highest BCUT2D eigenvalue weighted by atomic mass is 35.5. The first-order valence-electron chi connectivity index (χ1n) is 11.5. The summed E-state index contributed by atoms with van der Waals surface area (Å²) in [6.07, 6.45) is 3.78. The van der Waals surface area contributed by atoms with Crippen molar-refractivity contribution in [3.8, 4) is 5.75 Å². The van der Waals surface area contributed by atoms with E-state index in [1.807, 2.05) is 72.8 Å². The minimum absolute atomic E-state index is 0.394. The van der Waals surface area contributed by atoms with Gasteiger partial charge in [0.25, 0.3) is 0 Å². The average molecular weight is 548 g/mol. The quantitative estimate of drug-likeness (QED) is 0.150. The Kier molecular flexibility index (Phi) is 10.6. The molecule has 5 N–H and O–H groups in total. The van der Waals surface area contributed by atoms with Crippen LogP contribution in [0, 0.1) is 0 Å². The van der Waals surface area contributed by atoms with Crippen molar-refractivity contribution in [1.29, 1.82) is 0 Å². The van der Waals surface area contributed by atoms with E-state index in [1.165, 1.54) is 6.08 Å². The highest BCUT2D eigenvalue weighted by Crippen LogP contribution is 2.37. The van der Waals surface area contributed by atoms with Crippen molar-refractivity contribution < 1.29 is 24.2 Å². The van der Waals surface area contributed by atoms with E-state index in [0.717, 1.165) is 45.3 Å². The zero-order valence-corrected chi connectivity index (χ0v) is 22.3. The number of aryl methyl sites for hydroxylation is 1. The number of hydrogen-bond acceptors (Lipinski definition) is 5. The first-order valence-corrected chi connectivity index (χ1v) is 14.4. The molecule has 0 saturated carbocycles. The molecule has 9 heteroatoms. The summed E-state index contributed by atoms with van der Waals surface area (Å²) in [5.74, 6) is 1.56. The van der Waals surface area contributed by atoms with E-state index in [9.17, 15) is 9.67 Å². The van der Waals surface area contributed by atoms with Gasteiger partial charge < -0.3 is 25.4 Å². The number of benzene rings is 3. The average Bonchev–Trinajstić information content (AvgIpc) is 2.86. The second kappa shape index (κ2) is 13.5. The standard InChI is InChI=1S/C27H31ClNO5PS/c28-26-18-25(36-24-11-6-10-23(17-24)34-19-21-7-2-1-3-8-21)13-12-22(26)9-4-5-14-27(29,20-30)15-16-35(31,32)33/h1-3,6-8,10-13,15-18,30H,4-5,9,14,19-20,29H2,(H2,31,32,33). The number of aliphatic hydroxyl groups is 1. The van der Waals surface area contributed by atoms with Crippen molar-refractivity contribution in [3.63, 3.8) is 0 Å². The monoisotopic (exact) mass is 547 g/mol. The van der Waals surface area contributed by atoms with Crippen LogP contribution in [0.2, 0.25) is 5.02 Å². The lowest BCUT2D eigenvalue weighted by Crippen LogP contribution is -2.41. The molecule has 0 aliphatic rings. The fraction of sp³-hybridized carbons (Fsp3) is 0.259. The molecule has 0 saturated heterocycles. The molecule has 0 radical (unpaired) electrons. The van der Waals surface area contributed by atoms with Gasteiger partial charge in [0, 0.05) is 20.6 Å². The fourth-order valence-electron chi connectivity index (χ4n) is 3.53. The number of unbranched alkanes of at least 4 members (excludes halogenated alkanes) is 1. The van der Waals surface area contributed by atoms with Crippen LogP contribution < -0.4 is 10.5 Å². The van der Waals surface area contributed by atoms with Crippen molar-refractivity contribution in [2.24, 2.45) is 5.73 Å². The Bertz CT molecular complexity index is 1200. The lowest BCUT2D eigenvalue weighted by molar-refractivity contribution is 0.216. The van der Waals surface area contributed by atoms with Crippen molar-refractivity contribution >= 4 is 31.0 Å². The van der Waals surface area contributed by atoms with E-state index in [1.54, 1.807) is 11.8 Å². The molecule has 1 atom stereocenters. The molecule has 0 amide bonds. The number of nitrogens with two attached hydrogens (primary N) is 1. The summed E-state index contributed by atoms with van der Waals surface area (Å²) in [6, 6.07) is 24.0. The summed E-state index contributed by atoms with van der Waals surface area (Å²) in [5.41, 5.74) is 7.01. The fourth-order valence-corrected chi connectivity index (χ4v) is 5.27. The van der Waals surface area contributed by atoms with Gasteiger partial charge >= 0.3 is 7.60 Å². The first kappa shape index (κ1) is 28.5. The van der Waals surface area contributed by atoms with E-state index in [4.69, 9.17) is 31.9 Å². The van der Waals surface area contributed by atoms with Crippen molar-refractivity contribution in [3.05, 3.63) is 101 Å². The lowest BCUT2D eigenvalue weighted by Gasteiger charge is -2.23. The van der Waals surface area contributed by atoms with Crippen LogP contribution in [0.1, 0.15) is 30.4 Å². The largest absolute Gasteiger partial charge is 0.489 e. The smallest absolute Gasteiger partial charge is 0.348 e. The van der Waals surface area contributed by atoms with Crippen LogP contribution in [0.5, 0.6) is 5.75 Å². The van der Waals surface area contributed by atoms with E-state index in [0.29, 0.717) is 24.5 Å². The SMILES string of the molecule is NC(C=CP(=O)(O)O)(CO)CCCCc1ccc(Sc2cccc(OCc3ccccc3)c2)cc1Cl. The molecule has 1 unspecified atom stereocenters. The van der Waals surface area contributed by atoms with Crippen molar-refractivity contribution in [2.75, 3.05) is 6.61 Å². The molecular formula is C27H31ClNO5PS. The second-order valence-corrected chi connectivity index (χ2v) is 11.6. The van der Waals surface area contributed by atoms with Crippen LogP contribution in [0.4, 0.5) is 0 Å². The minimum atomic E-state index is -4.32. The minimum Gasteiger partial charge on any atom is -0.489 e. The topological polar surface area (TPSA) is 113 Å². The Balaban J connectivity index is 1.51. The summed E-state index contributed by atoms with van der Waals surface area (Å²) in [4.78, 5) is 20.0. The molecule has 192 valence electrons. The maximum Gasteiger partial charge on any atom is 0.348 e. The molecule has 0 aromatic heterocycles. The molecule has 0 heterocycles. The predicted molar refractivity (Wildman–Crippen MR) is 146 cm³/mol. The molecule has 0 fully saturated rings. The van der Waals surface area contributed by atoms with Crippen LogP contribution in [0.15, 0.2) is 94.5 Å². The van der Waals surface area contributed by atoms with Gasteiger partial charge in [-0.1, -0.05) is 78.3 Å². The molecule has 3 aromatic rings. The molecule has 0 aliphatic heterocycles. The zero-order chi connectivity index (χ0) is 26.0. The first-order chi connectivity index (χ1) is 17.2. The van der Waals surface area contributed by atoms with E-state index >= 15 is 0 Å². The highest BCUT2D eigenvalue weighted by Gasteiger charge is 2.22. The van der Waals surface area contributed by atoms with Gasteiger partial charge in [-0.25, -0.2) is 0 Å². The van der Waals surface area contributed by atoms with Gasteiger partial charge in [0.2, 0.25) is 0 Å². The van der Waals surface area contributed by atoms with Crippen LogP contribution in [-0.4, -0.2) is 27.0 Å². The van der Waals surface area contributed by atoms with E-state index < -0.39 is 19.7 Å². The Morgan fingerprint density at radius 2 is 1.75 bits per heavy atom. The molecule has 0 aliphatic carbocycles. The number of rotatable bonds is 13. The summed E-state index contributed by atoms with van der Waals surface area (Å²) < 4.78 is 17.0. The Labute approximate surface area is 221 Å². The van der Waals surface area contributed by atoms with E-state index in [-0.39, 0.29) is 0 Å². The van der Waals surface area contributed by atoms with Crippen molar-refractivity contribution in [1.82, 2.24) is 0 Å². The van der Waals surface area contributed by atoms with Gasteiger partial charge in [-0.15, -0.1) is 0 Å². The maximum absolute atomic E-state index is 11.0. The number of hydrogen-bond donors (Lipinski definition) is 4. The van der Waals surface area contributed by atoms with Crippen LogP contribution >= 0.6 is 31.0 Å². The summed E-state index contributed by atoms with van der Waals surface area (Å²) >= 11 is 8.15. The zero-order valence-electron chi connectivity index (χ0n) is 19.8. The van der Waals surface area contributed by atoms with Crippen LogP contribution in [-0.2, 0) is 17.6 Å². The van der Waals surface area contributed by atoms with Gasteiger partial charge in [0.1, 0.15) is 12.4 Å².